The summed E-state index contributed by atoms with van der Waals surface area (Å²) >= 11 is 0. The topological polar surface area (TPSA) is 128 Å². The molecule has 1 saturated heterocycles. The third-order valence-electron chi connectivity index (χ3n) is 8.30. The molecule has 0 spiro atoms. The van der Waals surface area contributed by atoms with Crippen LogP contribution in [0.5, 0.6) is 0 Å². The molecule has 3 aromatic heterocycles. The van der Waals surface area contributed by atoms with Crippen LogP contribution in [-0.2, 0) is 26.7 Å². The highest BCUT2D eigenvalue weighted by molar-refractivity contribution is 5.89. The molecule has 0 atom stereocenters. The van der Waals surface area contributed by atoms with Gasteiger partial charge in [0.05, 0.1) is 29.9 Å². The Morgan fingerprint density at radius 3 is 2.34 bits per heavy atom. The zero-order valence-electron chi connectivity index (χ0n) is 24.8. The van der Waals surface area contributed by atoms with E-state index in [1.165, 1.54) is 17.0 Å². The van der Waals surface area contributed by atoms with Gasteiger partial charge >= 0.3 is 0 Å². The maximum absolute atomic E-state index is 15.1. The van der Waals surface area contributed by atoms with Gasteiger partial charge in [0.2, 0.25) is 0 Å². The van der Waals surface area contributed by atoms with Gasteiger partial charge in [0.15, 0.2) is 5.52 Å². The van der Waals surface area contributed by atoms with Crippen molar-refractivity contribution >= 4 is 35.8 Å². The Morgan fingerprint density at radius 1 is 1.05 bits per heavy atom. The number of aliphatic hydroxyl groups is 1. The van der Waals surface area contributed by atoms with Crippen molar-refractivity contribution in [2.75, 3.05) is 13.1 Å². The minimum Gasteiger partial charge on any atom is -0.388 e. The largest absolute Gasteiger partial charge is 0.388 e. The molecule has 234 valence electrons. The molecule has 0 saturated carbocycles. The van der Waals surface area contributed by atoms with Crippen LogP contribution in [0.1, 0.15) is 35.4 Å². The number of hydrogen-bond acceptors (Lipinski definition) is 8. The first-order valence-corrected chi connectivity index (χ1v) is 14.0. The lowest BCUT2D eigenvalue weighted by molar-refractivity contribution is -0.0366. The Morgan fingerprint density at radius 2 is 1.73 bits per heavy atom. The number of piperidine rings is 1. The Kier molecular flexibility index (Phi) is 9.96. The molecule has 0 amide bonds. The van der Waals surface area contributed by atoms with Gasteiger partial charge in [-0.05, 0) is 43.9 Å². The van der Waals surface area contributed by atoms with Gasteiger partial charge in [0.25, 0.3) is 5.56 Å². The van der Waals surface area contributed by atoms with Gasteiger partial charge in [0.1, 0.15) is 17.1 Å². The van der Waals surface area contributed by atoms with Crippen molar-refractivity contribution in [1.82, 2.24) is 29.4 Å². The van der Waals surface area contributed by atoms with Crippen LogP contribution >= 0.6 is 24.8 Å². The fourth-order valence-electron chi connectivity index (χ4n) is 5.90. The van der Waals surface area contributed by atoms with E-state index in [4.69, 9.17) is 10.3 Å². The lowest BCUT2D eigenvalue weighted by Gasteiger charge is -2.38. The van der Waals surface area contributed by atoms with Gasteiger partial charge < -0.3 is 15.4 Å². The molecule has 6 rings (SSSR count). The maximum Gasteiger partial charge on any atom is 0.281 e. The fraction of sp³-hybridized carbons (Fsp3) is 0.355. The summed E-state index contributed by atoms with van der Waals surface area (Å²) in [7, 11) is 1.79. The van der Waals surface area contributed by atoms with E-state index in [1.807, 2.05) is 44.2 Å². The number of rotatable bonds is 7. The van der Waals surface area contributed by atoms with E-state index in [9.17, 15) is 9.90 Å². The molecule has 10 nitrogen and oxygen atoms in total. The van der Waals surface area contributed by atoms with Crippen molar-refractivity contribution in [1.29, 1.82) is 0 Å². The van der Waals surface area contributed by atoms with E-state index in [-0.39, 0.29) is 48.3 Å². The van der Waals surface area contributed by atoms with Crippen LogP contribution in [-0.4, -0.2) is 53.2 Å². The van der Waals surface area contributed by atoms with Crippen LogP contribution in [0.2, 0.25) is 0 Å². The predicted molar refractivity (Wildman–Crippen MR) is 171 cm³/mol. The van der Waals surface area contributed by atoms with E-state index < -0.39 is 5.60 Å². The Labute approximate surface area is 266 Å². The van der Waals surface area contributed by atoms with Crippen LogP contribution in [0.4, 0.5) is 4.39 Å². The SMILES string of the molecule is Cc1noc(C)c1-c1ccc(CN2CCC(O)(Cn3cnc4c(-c5ccc(CN)cc5)n(C)nc4c3=O)CC2)c(F)c1.Cl.Cl. The van der Waals surface area contributed by atoms with Crippen LogP contribution in [0.25, 0.3) is 33.4 Å². The van der Waals surface area contributed by atoms with Crippen molar-refractivity contribution < 1.29 is 14.0 Å². The van der Waals surface area contributed by atoms with E-state index >= 15 is 4.39 Å². The number of fused-ring (bicyclic) bond motifs is 1. The average Bonchev–Trinajstić information content (AvgIpc) is 3.50. The smallest absolute Gasteiger partial charge is 0.281 e. The molecule has 4 heterocycles. The quantitative estimate of drug-likeness (QED) is 0.265. The van der Waals surface area contributed by atoms with E-state index in [0.29, 0.717) is 55.9 Å². The Hall–Kier alpha value is -3.61. The molecule has 1 aliphatic heterocycles. The van der Waals surface area contributed by atoms with Crippen molar-refractivity contribution in [2.45, 2.75) is 51.9 Å². The second-order valence-electron chi connectivity index (χ2n) is 11.3. The van der Waals surface area contributed by atoms with Gasteiger partial charge in [-0.1, -0.05) is 41.6 Å². The monoisotopic (exact) mass is 643 g/mol. The van der Waals surface area contributed by atoms with Crippen LogP contribution < -0.4 is 11.3 Å². The fourth-order valence-corrected chi connectivity index (χ4v) is 5.90. The number of benzene rings is 2. The van der Waals surface area contributed by atoms with Crippen molar-refractivity contribution in [3.63, 3.8) is 0 Å². The molecule has 0 aliphatic carbocycles. The minimum absolute atomic E-state index is 0. The van der Waals surface area contributed by atoms with Crippen LogP contribution in [0, 0.1) is 19.7 Å². The minimum atomic E-state index is -1.09. The first-order chi connectivity index (χ1) is 20.2. The first kappa shape index (κ1) is 33.3. The molecule has 3 N–H and O–H groups in total. The molecule has 44 heavy (non-hydrogen) atoms. The molecular formula is C31H36Cl2FN7O3. The molecule has 1 aliphatic rings. The van der Waals surface area contributed by atoms with Gasteiger partial charge in [-0.2, -0.15) is 5.10 Å². The highest BCUT2D eigenvalue weighted by Gasteiger charge is 2.34. The second kappa shape index (κ2) is 13.2. The van der Waals surface area contributed by atoms with Gasteiger partial charge in [-0.15, -0.1) is 24.8 Å². The summed E-state index contributed by atoms with van der Waals surface area (Å²) < 4.78 is 23.4. The Balaban J connectivity index is 0.00000221. The van der Waals surface area contributed by atoms with Gasteiger partial charge in [-0.25, -0.2) is 9.37 Å². The number of likely N-dealkylation sites (tertiary alicyclic amines) is 1. The molecule has 1 fully saturated rings. The zero-order chi connectivity index (χ0) is 29.6. The van der Waals surface area contributed by atoms with E-state index in [2.05, 4.69) is 20.1 Å². The van der Waals surface area contributed by atoms with Crippen molar-refractivity contribution in [2.24, 2.45) is 12.8 Å². The summed E-state index contributed by atoms with van der Waals surface area (Å²) in [5, 5.41) is 19.8. The van der Waals surface area contributed by atoms with Crippen LogP contribution in [0.15, 0.2) is 58.1 Å². The first-order valence-electron chi connectivity index (χ1n) is 14.0. The summed E-state index contributed by atoms with van der Waals surface area (Å²) in [4.78, 5) is 20.1. The number of aryl methyl sites for hydroxylation is 3. The van der Waals surface area contributed by atoms with Gasteiger partial charge in [-0.3, -0.25) is 18.9 Å². The molecular weight excluding hydrogens is 608 g/mol. The molecule has 0 unspecified atom stereocenters. The van der Waals surface area contributed by atoms with Gasteiger partial charge in [0, 0.05) is 49.9 Å². The van der Waals surface area contributed by atoms with E-state index in [1.54, 1.807) is 17.8 Å². The second-order valence-corrected chi connectivity index (χ2v) is 11.3. The summed E-state index contributed by atoms with van der Waals surface area (Å²) in [6, 6.07) is 13.0. The Bertz CT molecular complexity index is 1810. The van der Waals surface area contributed by atoms with Crippen molar-refractivity contribution in [3.05, 3.63) is 87.5 Å². The number of nitrogens with two attached hydrogens (primary N) is 1. The molecule has 0 bridgehead atoms. The highest BCUT2D eigenvalue weighted by Crippen LogP contribution is 2.30. The number of nitrogens with zero attached hydrogens (tertiary/aromatic N) is 6. The summed E-state index contributed by atoms with van der Waals surface area (Å²) in [6.45, 7) is 5.78. The summed E-state index contributed by atoms with van der Waals surface area (Å²) in [5.74, 6) is 0.369. The lowest BCUT2D eigenvalue weighted by atomic mass is 9.91. The zero-order valence-corrected chi connectivity index (χ0v) is 26.4. The molecule has 13 heteroatoms. The third kappa shape index (κ3) is 6.29. The van der Waals surface area contributed by atoms with E-state index in [0.717, 1.165) is 33.6 Å². The standard InChI is InChI=1S/C31H34FN7O3.2ClH/c1-19-26(20(2)42-36-19)23-8-9-24(25(32)14-23)16-38-12-10-31(41,11-13-38)17-39-18-34-27-28(30(39)40)35-37(3)29(27)22-6-4-21(15-33)5-7-22;;/h4-9,14,18,41H,10-13,15-17,33H2,1-3H3;2*1H. The predicted octanol–water partition coefficient (Wildman–Crippen LogP) is 4.54. The molecule has 0 radical (unpaired) electrons. The third-order valence-corrected chi connectivity index (χ3v) is 8.30. The average molecular weight is 645 g/mol. The molecule has 2 aromatic carbocycles. The lowest BCUT2D eigenvalue weighted by Crippen LogP contribution is -2.47. The number of halogens is 3. The number of aromatic nitrogens is 5. The normalized spacial score (nSPS) is 14.8. The number of hydrogen-bond donors (Lipinski definition) is 2. The molecule has 5 aromatic rings. The highest BCUT2D eigenvalue weighted by atomic mass is 35.5. The van der Waals surface area contributed by atoms with Crippen LogP contribution in [0.3, 0.4) is 0 Å². The maximum atomic E-state index is 15.1. The van der Waals surface area contributed by atoms with Crippen molar-refractivity contribution in [3.8, 4) is 22.4 Å². The summed E-state index contributed by atoms with van der Waals surface area (Å²) in [6.07, 6.45) is 2.37. The summed E-state index contributed by atoms with van der Waals surface area (Å²) in [5.41, 5.74) is 10.6.